The largest absolute Gasteiger partial charge is 0.544 e. The predicted molar refractivity (Wildman–Crippen MR) is 69.5 cm³/mol. The fraction of sp³-hybridized carbons (Fsp3) is 0.308. The van der Waals surface area contributed by atoms with Crippen LogP contribution in [0.1, 0.15) is 12.5 Å². The first-order valence-electron chi connectivity index (χ1n) is 5.45. The van der Waals surface area contributed by atoms with Crippen molar-refractivity contribution in [2.75, 3.05) is 0 Å². The van der Waals surface area contributed by atoms with Crippen molar-refractivity contribution in [1.82, 2.24) is 0 Å². The molecule has 0 saturated heterocycles. The predicted octanol–water partition coefficient (Wildman–Crippen LogP) is 3.61. The first-order valence-corrected chi connectivity index (χ1v) is 8.86. The highest BCUT2D eigenvalue weighted by atomic mass is 28.4. The third kappa shape index (κ3) is 4.95. The molecule has 1 rings (SSSR count). The van der Waals surface area contributed by atoms with Crippen LogP contribution in [0, 0.1) is 5.82 Å². The summed E-state index contributed by atoms with van der Waals surface area (Å²) in [5.41, 5.74) is 0.726. The zero-order valence-corrected chi connectivity index (χ0v) is 11.6. The SMILES string of the molecule is CC(=O)/C=C(\O[Si](C)(C)C)c1ccc(F)cc1. The van der Waals surface area contributed by atoms with E-state index in [1.165, 1.54) is 25.1 Å². The molecule has 0 aromatic heterocycles. The molecule has 0 N–H and O–H groups in total. The average molecular weight is 252 g/mol. The molecule has 0 fully saturated rings. The van der Waals surface area contributed by atoms with E-state index in [1.54, 1.807) is 12.1 Å². The molecule has 1 aromatic rings. The molecule has 92 valence electrons. The molecule has 0 aliphatic heterocycles. The number of carbonyl (C=O) groups is 1. The molecule has 0 unspecified atom stereocenters. The van der Waals surface area contributed by atoms with Crippen molar-refractivity contribution in [1.29, 1.82) is 0 Å². The summed E-state index contributed by atoms with van der Waals surface area (Å²) in [6.07, 6.45) is 1.45. The standard InChI is InChI=1S/C13H17FO2Si/c1-10(15)9-13(16-17(2,3)4)11-5-7-12(14)8-6-11/h5-9H,1-4H3/b13-9-. The van der Waals surface area contributed by atoms with Gasteiger partial charge < -0.3 is 4.43 Å². The lowest BCUT2D eigenvalue weighted by molar-refractivity contribution is -0.112. The lowest BCUT2D eigenvalue weighted by Gasteiger charge is -2.21. The van der Waals surface area contributed by atoms with Gasteiger partial charge in [0, 0.05) is 11.6 Å². The maximum Gasteiger partial charge on any atom is 0.242 e. The summed E-state index contributed by atoms with van der Waals surface area (Å²) < 4.78 is 18.7. The molecule has 0 bridgehead atoms. The van der Waals surface area contributed by atoms with Crippen molar-refractivity contribution < 1.29 is 13.6 Å². The maximum absolute atomic E-state index is 12.8. The van der Waals surface area contributed by atoms with Crippen LogP contribution in [0.3, 0.4) is 0 Å². The molecule has 0 amide bonds. The van der Waals surface area contributed by atoms with Crippen LogP contribution in [0.25, 0.3) is 5.76 Å². The summed E-state index contributed by atoms with van der Waals surface area (Å²) >= 11 is 0. The van der Waals surface area contributed by atoms with Crippen LogP contribution in [-0.4, -0.2) is 14.1 Å². The third-order valence-electron chi connectivity index (χ3n) is 1.88. The van der Waals surface area contributed by atoms with Gasteiger partial charge in [0.15, 0.2) is 5.78 Å². The zero-order chi connectivity index (χ0) is 13.1. The van der Waals surface area contributed by atoms with Crippen molar-refractivity contribution >= 4 is 19.9 Å². The number of hydrogen-bond donors (Lipinski definition) is 0. The Morgan fingerprint density at radius 1 is 1.24 bits per heavy atom. The van der Waals surface area contributed by atoms with Crippen LogP contribution in [-0.2, 0) is 9.22 Å². The minimum atomic E-state index is -1.80. The fourth-order valence-corrected chi connectivity index (χ4v) is 2.14. The second-order valence-electron chi connectivity index (χ2n) is 4.84. The summed E-state index contributed by atoms with van der Waals surface area (Å²) in [5.74, 6) is 0.142. The first-order chi connectivity index (χ1) is 7.78. The van der Waals surface area contributed by atoms with Gasteiger partial charge in [-0.2, -0.15) is 0 Å². The Kier molecular flexibility index (Phi) is 4.23. The van der Waals surface area contributed by atoms with Crippen molar-refractivity contribution in [2.45, 2.75) is 26.6 Å². The Morgan fingerprint density at radius 3 is 2.18 bits per heavy atom. The van der Waals surface area contributed by atoms with Gasteiger partial charge in [0.1, 0.15) is 11.6 Å². The summed E-state index contributed by atoms with van der Waals surface area (Å²) in [4.78, 5) is 11.2. The van der Waals surface area contributed by atoms with Crippen molar-refractivity contribution in [3.63, 3.8) is 0 Å². The van der Waals surface area contributed by atoms with Gasteiger partial charge in [-0.05, 0) is 50.8 Å². The van der Waals surface area contributed by atoms with E-state index in [9.17, 15) is 9.18 Å². The van der Waals surface area contributed by atoms with E-state index in [-0.39, 0.29) is 11.6 Å². The fourth-order valence-electron chi connectivity index (χ4n) is 1.30. The Labute approximate surface area is 102 Å². The van der Waals surface area contributed by atoms with Gasteiger partial charge in [-0.25, -0.2) is 4.39 Å². The van der Waals surface area contributed by atoms with Crippen LogP contribution in [0.5, 0.6) is 0 Å². The number of hydrogen-bond acceptors (Lipinski definition) is 2. The van der Waals surface area contributed by atoms with E-state index in [0.29, 0.717) is 5.76 Å². The van der Waals surface area contributed by atoms with Crippen LogP contribution in [0.15, 0.2) is 30.3 Å². The monoisotopic (exact) mass is 252 g/mol. The Bertz CT molecular complexity index is 430. The molecule has 1 aromatic carbocycles. The molecule has 0 radical (unpaired) electrons. The molecule has 4 heteroatoms. The molecule has 0 aliphatic carbocycles. The number of halogens is 1. The van der Waals surface area contributed by atoms with Gasteiger partial charge in [-0.3, -0.25) is 4.79 Å². The van der Waals surface area contributed by atoms with Gasteiger partial charge in [0.25, 0.3) is 0 Å². The summed E-state index contributed by atoms with van der Waals surface area (Å²) in [6.45, 7) is 7.57. The second-order valence-corrected chi connectivity index (χ2v) is 9.27. The third-order valence-corrected chi connectivity index (χ3v) is 2.71. The van der Waals surface area contributed by atoms with Gasteiger partial charge in [0.05, 0.1) is 0 Å². The van der Waals surface area contributed by atoms with Crippen LogP contribution >= 0.6 is 0 Å². The molecule has 0 heterocycles. The van der Waals surface area contributed by atoms with Crippen LogP contribution in [0.2, 0.25) is 19.6 Å². The van der Waals surface area contributed by atoms with E-state index in [1.807, 2.05) is 19.6 Å². The average Bonchev–Trinajstić information content (AvgIpc) is 2.14. The lowest BCUT2D eigenvalue weighted by Crippen LogP contribution is -2.24. The normalized spacial score (nSPS) is 12.4. The highest BCUT2D eigenvalue weighted by molar-refractivity contribution is 6.70. The van der Waals surface area contributed by atoms with E-state index < -0.39 is 8.32 Å². The molecular formula is C13H17FO2Si. The topological polar surface area (TPSA) is 26.3 Å². The maximum atomic E-state index is 12.8. The van der Waals surface area contributed by atoms with E-state index in [4.69, 9.17) is 4.43 Å². The van der Waals surface area contributed by atoms with Gasteiger partial charge in [-0.1, -0.05) is 0 Å². The van der Waals surface area contributed by atoms with Gasteiger partial charge >= 0.3 is 0 Å². The quantitative estimate of drug-likeness (QED) is 0.465. The summed E-state index contributed by atoms with van der Waals surface area (Å²) in [7, 11) is -1.80. The highest BCUT2D eigenvalue weighted by Gasteiger charge is 2.19. The van der Waals surface area contributed by atoms with Crippen LogP contribution in [0.4, 0.5) is 4.39 Å². The van der Waals surface area contributed by atoms with Crippen molar-refractivity contribution in [3.05, 3.63) is 41.7 Å². The summed E-state index contributed by atoms with van der Waals surface area (Å²) in [5, 5.41) is 0. The molecule has 17 heavy (non-hydrogen) atoms. The van der Waals surface area contributed by atoms with E-state index in [0.717, 1.165) is 5.56 Å². The molecule has 2 nitrogen and oxygen atoms in total. The van der Waals surface area contributed by atoms with E-state index >= 15 is 0 Å². The molecule has 0 aliphatic rings. The number of rotatable bonds is 4. The van der Waals surface area contributed by atoms with Crippen LogP contribution < -0.4 is 0 Å². The van der Waals surface area contributed by atoms with Crippen molar-refractivity contribution in [3.8, 4) is 0 Å². The molecule has 0 atom stereocenters. The minimum absolute atomic E-state index is 0.0809. The van der Waals surface area contributed by atoms with Crippen molar-refractivity contribution in [2.24, 2.45) is 0 Å². The lowest BCUT2D eigenvalue weighted by atomic mass is 10.1. The number of carbonyl (C=O) groups excluding carboxylic acids is 1. The Morgan fingerprint density at radius 2 is 1.76 bits per heavy atom. The number of benzene rings is 1. The van der Waals surface area contributed by atoms with E-state index in [2.05, 4.69) is 0 Å². The zero-order valence-electron chi connectivity index (χ0n) is 10.6. The number of allylic oxidation sites excluding steroid dienone is 1. The second kappa shape index (κ2) is 5.27. The Hall–Kier alpha value is -1.42. The molecular weight excluding hydrogens is 235 g/mol. The first kappa shape index (κ1) is 13.6. The molecule has 0 spiro atoms. The van der Waals surface area contributed by atoms with Gasteiger partial charge in [-0.15, -0.1) is 0 Å². The molecule has 0 saturated carbocycles. The smallest absolute Gasteiger partial charge is 0.242 e. The van der Waals surface area contributed by atoms with Gasteiger partial charge in [0.2, 0.25) is 8.32 Å². The highest BCUT2D eigenvalue weighted by Crippen LogP contribution is 2.21. The summed E-state index contributed by atoms with van der Waals surface area (Å²) in [6, 6.07) is 5.95. The minimum Gasteiger partial charge on any atom is -0.544 e. The number of ketones is 1. The Balaban J connectivity index is 3.07.